The fourth-order valence-electron chi connectivity index (χ4n) is 2.57. The highest BCUT2D eigenvalue weighted by molar-refractivity contribution is 7.92. The van der Waals surface area contributed by atoms with Gasteiger partial charge in [0, 0.05) is 18.7 Å². The summed E-state index contributed by atoms with van der Waals surface area (Å²) >= 11 is 0. The minimum absolute atomic E-state index is 0.0766. The van der Waals surface area contributed by atoms with Crippen molar-refractivity contribution in [1.29, 1.82) is 0 Å². The zero-order valence-electron chi connectivity index (χ0n) is 14.8. The lowest BCUT2D eigenvalue weighted by atomic mass is 10.0. The summed E-state index contributed by atoms with van der Waals surface area (Å²) in [7, 11) is -2.19. The predicted molar refractivity (Wildman–Crippen MR) is 101 cm³/mol. The number of benzene rings is 2. The number of hydrogen-bond donors (Lipinski definition) is 1. The maximum Gasteiger partial charge on any atom is 0.264 e. The van der Waals surface area contributed by atoms with Gasteiger partial charge in [-0.2, -0.15) is 0 Å². The number of hydrogen-bond acceptors (Lipinski definition) is 3. The topological polar surface area (TPSA) is 66.5 Å². The number of rotatable bonds is 7. The highest BCUT2D eigenvalue weighted by atomic mass is 32.2. The molecule has 2 aromatic rings. The molecule has 0 aliphatic rings. The second kappa shape index (κ2) is 8.16. The van der Waals surface area contributed by atoms with Gasteiger partial charge in [-0.3, -0.25) is 9.10 Å². The maximum absolute atomic E-state index is 12.8. The fourth-order valence-corrected chi connectivity index (χ4v) is 3.81. The average molecular weight is 360 g/mol. The molecule has 0 atom stereocenters. The van der Waals surface area contributed by atoms with Gasteiger partial charge in [0.15, 0.2) is 0 Å². The van der Waals surface area contributed by atoms with Gasteiger partial charge in [0.2, 0.25) is 5.91 Å². The van der Waals surface area contributed by atoms with Gasteiger partial charge in [0.05, 0.1) is 10.6 Å². The molecule has 134 valence electrons. The summed E-state index contributed by atoms with van der Waals surface area (Å²) in [5, 5.41) is 2.81. The zero-order chi connectivity index (χ0) is 18.4. The van der Waals surface area contributed by atoms with Gasteiger partial charge in [-0.25, -0.2) is 8.42 Å². The van der Waals surface area contributed by atoms with Crippen LogP contribution in [0.15, 0.2) is 59.5 Å². The van der Waals surface area contributed by atoms with Crippen molar-refractivity contribution in [2.45, 2.75) is 31.6 Å². The summed E-state index contributed by atoms with van der Waals surface area (Å²) in [6.45, 7) is 3.92. The molecule has 1 N–H and O–H groups in total. The van der Waals surface area contributed by atoms with Crippen molar-refractivity contribution in [3.8, 4) is 0 Å². The van der Waals surface area contributed by atoms with Crippen molar-refractivity contribution in [2.75, 3.05) is 16.7 Å². The van der Waals surface area contributed by atoms with E-state index < -0.39 is 10.0 Å². The van der Waals surface area contributed by atoms with Crippen LogP contribution in [0.3, 0.4) is 0 Å². The van der Waals surface area contributed by atoms with E-state index in [-0.39, 0.29) is 16.7 Å². The molecule has 1 amide bonds. The minimum Gasteiger partial charge on any atom is -0.326 e. The summed E-state index contributed by atoms with van der Waals surface area (Å²) in [6, 6.07) is 15.2. The first-order chi connectivity index (χ1) is 11.9. The molecule has 2 aromatic carbocycles. The molecule has 0 heterocycles. The van der Waals surface area contributed by atoms with Crippen LogP contribution in [0.1, 0.15) is 26.7 Å². The second-order valence-electron chi connectivity index (χ2n) is 5.84. The van der Waals surface area contributed by atoms with Crippen LogP contribution in [-0.2, 0) is 14.8 Å². The van der Waals surface area contributed by atoms with E-state index in [1.165, 1.54) is 23.5 Å². The molecule has 2 rings (SSSR count). The Labute approximate surface area is 149 Å². The predicted octanol–water partition coefficient (Wildman–Crippen LogP) is 3.89. The summed E-state index contributed by atoms with van der Waals surface area (Å²) in [6.07, 6.45) is 1.49. The van der Waals surface area contributed by atoms with Crippen LogP contribution < -0.4 is 9.62 Å². The summed E-state index contributed by atoms with van der Waals surface area (Å²) in [4.78, 5) is 12.4. The van der Waals surface area contributed by atoms with Gasteiger partial charge in [0.25, 0.3) is 10.0 Å². The molecule has 5 nitrogen and oxygen atoms in total. The Morgan fingerprint density at radius 3 is 2.28 bits per heavy atom. The highest BCUT2D eigenvalue weighted by Crippen LogP contribution is 2.24. The van der Waals surface area contributed by atoms with E-state index >= 15 is 0 Å². The molecule has 0 saturated carbocycles. The Bertz CT molecular complexity index is 816. The summed E-state index contributed by atoms with van der Waals surface area (Å²) < 4.78 is 26.9. The van der Waals surface area contributed by atoms with E-state index in [2.05, 4.69) is 5.32 Å². The molecule has 0 aliphatic heterocycles. The Morgan fingerprint density at radius 2 is 1.68 bits per heavy atom. The van der Waals surface area contributed by atoms with Crippen LogP contribution in [0, 0.1) is 5.92 Å². The number of nitrogens with one attached hydrogen (secondary N) is 1. The van der Waals surface area contributed by atoms with Gasteiger partial charge >= 0.3 is 0 Å². The largest absolute Gasteiger partial charge is 0.326 e. The first-order valence-corrected chi connectivity index (χ1v) is 9.79. The SMILES string of the molecule is CCC(CC)C(=O)Nc1cccc(S(=O)(=O)N(C)c2ccccc2)c1. The first-order valence-electron chi connectivity index (χ1n) is 8.35. The van der Waals surface area contributed by atoms with Gasteiger partial charge in [0.1, 0.15) is 0 Å². The van der Waals surface area contributed by atoms with Crippen molar-refractivity contribution < 1.29 is 13.2 Å². The Morgan fingerprint density at radius 1 is 1.04 bits per heavy atom. The molecule has 0 saturated heterocycles. The molecule has 0 unspecified atom stereocenters. The van der Waals surface area contributed by atoms with E-state index in [0.717, 1.165) is 12.8 Å². The molecule has 0 aliphatic carbocycles. The monoisotopic (exact) mass is 360 g/mol. The molecule has 0 fully saturated rings. The quantitative estimate of drug-likeness (QED) is 0.815. The number of anilines is 2. The van der Waals surface area contributed by atoms with Crippen molar-refractivity contribution in [3.63, 3.8) is 0 Å². The van der Waals surface area contributed by atoms with E-state index in [9.17, 15) is 13.2 Å². The molecule has 0 bridgehead atoms. The van der Waals surface area contributed by atoms with Gasteiger partial charge < -0.3 is 5.32 Å². The number of para-hydroxylation sites is 1. The van der Waals surface area contributed by atoms with E-state index in [1.807, 2.05) is 19.9 Å². The number of carbonyl (C=O) groups is 1. The van der Waals surface area contributed by atoms with E-state index in [1.54, 1.807) is 36.4 Å². The molecule has 25 heavy (non-hydrogen) atoms. The number of nitrogens with zero attached hydrogens (tertiary/aromatic N) is 1. The van der Waals surface area contributed by atoms with Crippen LogP contribution in [0.2, 0.25) is 0 Å². The van der Waals surface area contributed by atoms with Crippen molar-refractivity contribution >= 4 is 27.3 Å². The zero-order valence-corrected chi connectivity index (χ0v) is 15.6. The minimum atomic E-state index is -3.70. The lowest BCUT2D eigenvalue weighted by Gasteiger charge is -2.20. The van der Waals surface area contributed by atoms with Gasteiger partial charge in [-0.05, 0) is 43.2 Å². The number of amides is 1. The second-order valence-corrected chi connectivity index (χ2v) is 7.81. The van der Waals surface area contributed by atoms with Crippen LogP contribution in [0.25, 0.3) is 0 Å². The molecule has 0 spiro atoms. The lowest BCUT2D eigenvalue weighted by Crippen LogP contribution is -2.27. The van der Waals surface area contributed by atoms with Crippen LogP contribution >= 0.6 is 0 Å². The maximum atomic E-state index is 12.8. The fraction of sp³-hybridized carbons (Fsp3) is 0.316. The van der Waals surface area contributed by atoms with E-state index in [4.69, 9.17) is 0 Å². The molecular weight excluding hydrogens is 336 g/mol. The highest BCUT2D eigenvalue weighted by Gasteiger charge is 2.22. The van der Waals surface area contributed by atoms with Gasteiger partial charge in [-0.15, -0.1) is 0 Å². The van der Waals surface area contributed by atoms with Crippen LogP contribution in [0.4, 0.5) is 11.4 Å². The number of sulfonamides is 1. The third-order valence-corrected chi connectivity index (χ3v) is 6.02. The average Bonchev–Trinajstić information content (AvgIpc) is 2.63. The molecule has 0 aromatic heterocycles. The first kappa shape index (κ1) is 19.0. The van der Waals surface area contributed by atoms with Crippen molar-refractivity contribution in [2.24, 2.45) is 5.92 Å². The Hall–Kier alpha value is -2.34. The summed E-state index contributed by atoms with van der Waals surface area (Å²) in [5.74, 6) is -0.164. The van der Waals surface area contributed by atoms with Crippen molar-refractivity contribution in [3.05, 3.63) is 54.6 Å². The normalized spacial score (nSPS) is 11.4. The van der Waals surface area contributed by atoms with Crippen LogP contribution in [-0.4, -0.2) is 21.4 Å². The molecule has 6 heteroatoms. The third kappa shape index (κ3) is 4.39. The van der Waals surface area contributed by atoms with E-state index in [0.29, 0.717) is 11.4 Å². The molecular formula is C19H24N2O3S. The van der Waals surface area contributed by atoms with Crippen molar-refractivity contribution in [1.82, 2.24) is 0 Å². The summed E-state index contributed by atoms with van der Waals surface area (Å²) in [5.41, 5.74) is 1.06. The Kier molecular flexibility index (Phi) is 6.20. The lowest BCUT2D eigenvalue weighted by molar-refractivity contribution is -0.120. The number of carbonyl (C=O) groups excluding carboxylic acids is 1. The molecule has 0 radical (unpaired) electrons. The van der Waals surface area contributed by atoms with Gasteiger partial charge in [-0.1, -0.05) is 38.1 Å². The standard InChI is InChI=1S/C19H24N2O3S/c1-4-15(5-2)19(22)20-16-10-9-13-18(14-16)25(23,24)21(3)17-11-7-6-8-12-17/h6-15H,4-5H2,1-3H3,(H,20,22). The Balaban J connectivity index is 2.27. The third-order valence-electron chi connectivity index (χ3n) is 4.24. The smallest absolute Gasteiger partial charge is 0.264 e. The van der Waals surface area contributed by atoms with Crippen LogP contribution in [0.5, 0.6) is 0 Å².